The molecule has 2 N–H and O–H groups in total. The Labute approximate surface area is 110 Å². The first-order valence-electron chi connectivity index (χ1n) is 5.91. The third kappa shape index (κ3) is 3.44. The second-order valence-corrected chi connectivity index (χ2v) is 4.42. The highest BCUT2D eigenvalue weighted by molar-refractivity contribution is 5.49. The first-order valence-corrected chi connectivity index (χ1v) is 5.91. The van der Waals surface area contributed by atoms with E-state index in [1.165, 1.54) is 12.1 Å². The molecule has 2 aromatic rings. The number of nitrogen functional groups attached to an aromatic ring is 1. The average molecular weight is 263 g/mol. The van der Waals surface area contributed by atoms with Crippen molar-refractivity contribution in [1.29, 1.82) is 0 Å². The Kier molecular flexibility index (Phi) is 3.69. The topological polar surface area (TPSA) is 35.2 Å². The van der Waals surface area contributed by atoms with Gasteiger partial charge < -0.3 is 10.5 Å². The van der Waals surface area contributed by atoms with E-state index >= 15 is 0 Å². The maximum Gasteiger partial charge on any atom is 0.274 e. The molecule has 0 atom stereocenters. The second-order valence-electron chi connectivity index (χ2n) is 4.42. The molecule has 0 aliphatic heterocycles. The number of benzene rings is 2. The molecule has 0 saturated carbocycles. The minimum Gasteiger partial charge on any atom is -0.488 e. The summed E-state index contributed by atoms with van der Waals surface area (Å²) in [6, 6.07) is 13.7. The minimum atomic E-state index is -2.98. The zero-order valence-electron chi connectivity index (χ0n) is 10.6. The van der Waals surface area contributed by atoms with E-state index < -0.39 is 5.92 Å². The summed E-state index contributed by atoms with van der Waals surface area (Å²) in [5.41, 5.74) is 6.57. The van der Waals surface area contributed by atoms with Gasteiger partial charge >= 0.3 is 0 Å². The van der Waals surface area contributed by atoms with E-state index in [1.807, 2.05) is 30.3 Å². The Morgan fingerprint density at radius 2 is 1.79 bits per heavy atom. The molecule has 0 aliphatic rings. The van der Waals surface area contributed by atoms with Crippen molar-refractivity contribution in [3.8, 4) is 5.75 Å². The fourth-order valence-corrected chi connectivity index (χ4v) is 1.75. The van der Waals surface area contributed by atoms with Gasteiger partial charge in [-0.3, -0.25) is 0 Å². The number of halogens is 2. The number of nitrogens with two attached hydrogens (primary N) is 1. The van der Waals surface area contributed by atoms with Crippen LogP contribution in [0.5, 0.6) is 5.75 Å². The Hall–Kier alpha value is -2.10. The predicted molar refractivity (Wildman–Crippen MR) is 71.2 cm³/mol. The van der Waals surface area contributed by atoms with Crippen LogP contribution >= 0.6 is 0 Å². The molecule has 4 heteroatoms. The highest BCUT2D eigenvalue weighted by Gasteiger charge is 2.28. The van der Waals surface area contributed by atoms with Crippen LogP contribution in [0.3, 0.4) is 0 Å². The molecule has 19 heavy (non-hydrogen) atoms. The molecule has 0 bridgehead atoms. The van der Waals surface area contributed by atoms with Crippen LogP contribution in [0.25, 0.3) is 0 Å². The SMILES string of the molecule is CC(F)(F)c1cc(N)ccc1OCc1ccccc1. The predicted octanol–water partition coefficient (Wildman–Crippen LogP) is 3.96. The Morgan fingerprint density at radius 3 is 2.42 bits per heavy atom. The van der Waals surface area contributed by atoms with Gasteiger partial charge in [-0.2, -0.15) is 0 Å². The summed E-state index contributed by atoms with van der Waals surface area (Å²) in [6.45, 7) is 1.07. The summed E-state index contributed by atoms with van der Waals surface area (Å²) in [4.78, 5) is 0. The van der Waals surface area contributed by atoms with E-state index in [0.717, 1.165) is 12.5 Å². The summed E-state index contributed by atoms with van der Waals surface area (Å²) >= 11 is 0. The van der Waals surface area contributed by atoms with Crippen LogP contribution in [0.1, 0.15) is 18.1 Å². The third-order valence-corrected chi connectivity index (χ3v) is 2.71. The van der Waals surface area contributed by atoms with Crippen molar-refractivity contribution in [3.63, 3.8) is 0 Å². The van der Waals surface area contributed by atoms with Crippen LogP contribution < -0.4 is 10.5 Å². The zero-order valence-corrected chi connectivity index (χ0v) is 10.6. The van der Waals surface area contributed by atoms with Crippen LogP contribution in [-0.4, -0.2) is 0 Å². The molecule has 2 aromatic carbocycles. The zero-order chi connectivity index (χ0) is 13.9. The van der Waals surface area contributed by atoms with Crippen molar-refractivity contribution in [3.05, 3.63) is 59.7 Å². The lowest BCUT2D eigenvalue weighted by Gasteiger charge is -2.17. The van der Waals surface area contributed by atoms with Gasteiger partial charge in [-0.25, -0.2) is 8.78 Å². The van der Waals surface area contributed by atoms with Gasteiger partial charge in [-0.15, -0.1) is 0 Å². The number of hydrogen-bond donors (Lipinski definition) is 1. The van der Waals surface area contributed by atoms with Crippen molar-refractivity contribution in [2.75, 3.05) is 5.73 Å². The second kappa shape index (κ2) is 5.26. The van der Waals surface area contributed by atoms with Gasteiger partial charge in [0.2, 0.25) is 0 Å². The van der Waals surface area contributed by atoms with E-state index in [2.05, 4.69) is 0 Å². The van der Waals surface area contributed by atoms with Gasteiger partial charge in [0, 0.05) is 12.6 Å². The molecule has 100 valence electrons. The molecule has 0 saturated heterocycles. The Balaban J connectivity index is 2.21. The van der Waals surface area contributed by atoms with Crippen molar-refractivity contribution < 1.29 is 13.5 Å². The number of hydrogen-bond acceptors (Lipinski definition) is 2. The maximum atomic E-state index is 13.5. The quantitative estimate of drug-likeness (QED) is 0.847. The van der Waals surface area contributed by atoms with Crippen LogP contribution in [0.2, 0.25) is 0 Å². The standard InChI is InChI=1S/C15H15F2NO/c1-15(16,17)13-9-12(18)7-8-14(13)19-10-11-5-3-2-4-6-11/h2-9H,10,18H2,1H3. The molecule has 0 aliphatic carbocycles. The third-order valence-electron chi connectivity index (χ3n) is 2.71. The lowest BCUT2D eigenvalue weighted by Crippen LogP contribution is -2.11. The van der Waals surface area contributed by atoms with Gasteiger partial charge in [0.15, 0.2) is 0 Å². The summed E-state index contributed by atoms with van der Waals surface area (Å²) < 4.78 is 32.4. The highest BCUT2D eigenvalue weighted by Crippen LogP contribution is 2.36. The van der Waals surface area contributed by atoms with Crippen molar-refractivity contribution in [1.82, 2.24) is 0 Å². The monoisotopic (exact) mass is 263 g/mol. The van der Waals surface area contributed by atoms with Gasteiger partial charge in [-0.05, 0) is 23.8 Å². The van der Waals surface area contributed by atoms with Gasteiger partial charge in [0.1, 0.15) is 12.4 Å². The van der Waals surface area contributed by atoms with E-state index in [1.54, 1.807) is 6.07 Å². The van der Waals surface area contributed by atoms with Crippen LogP contribution in [0.15, 0.2) is 48.5 Å². The van der Waals surface area contributed by atoms with E-state index in [-0.39, 0.29) is 17.9 Å². The average Bonchev–Trinajstić information content (AvgIpc) is 2.37. The molecule has 0 unspecified atom stereocenters. The molecule has 0 radical (unpaired) electrons. The van der Waals surface area contributed by atoms with Crippen LogP contribution in [0, 0.1) is 0 Å². The molecule has 0 heterocycles. The number of rotatable bonds is 4. The molecular weight excluding hydrogens is 248 g/mol. The number of anilines is 1. The number of alkyl halides is 2. The largest absolute Gasteiger partial charge is 0.488 e. The molecule has 2 nitrogen and oxygen atoms in total. The van der Waals surface area contributed by atoms with Crippen LogP contribution in [-0.2, 0) is 12.5 Å². The van der Waals surface area contributed by atoms with Crippen molar-refractivity contribution in [2.24, 2.45) is 0 Å². The highest BCUT2D eigenvalue weighted by atomic mass is 19.3. The fourth-order valence-electron chi connectivity index (χ4n) is 1.75. The Morgan fingerprint density at radius 1 is 1.11 bits per heavy atom. The molecule has 0 spiro atoms. The fraction of sp³-hybridized carbons (Fsp3) is 0.200. The lowest BCUT2D eigenvalue weighted by atomic mass is 10.1. The molecule has 0 fully saturated rings. The van der Waals surface area contributed by atoms with E-state index in [4.69, 9.17) is 10.5 Å². The van der Waals surface area contributed by atoms with E-state index in [9.17, 15) is 8.78 Å². The maximum absolute atomic E-state index is 13.5. The number of ether oxygens (including phenoxy) is 1. The van der Waals surface area contributed by atoms with E-state index in [0.29, 0.717) is 5.69 Å². The van der Waals surface area contributed by atoms with Crippen molar-refractivity contribution in [2.45, 2.75) is 19.5 Å². The van der Waals surface area contributed by atoms with Crippen LogP contribution in [0.4, 0.5) is 14.5 Å². The smallest absolute Gasteiger partial charge is 0.274 e. The molecule has 0 amide bonds. The van der Waals surface area contributed by atoms with Gasteiger partial charge in [0.25, 0.3) is 5.92 Å². The summed E-state index contributed by atoms with van der Waals surface area (Å²) in [5, 5.41) is 0. The van der Waals surface area contributed by atoms with Crippen molar-refractivity contribution >= 4 is 5.69 Å². The summed E-state index contributed by atoms with van der Waals surface area (Å²) in [7, 11) is 0. The molecule has 2 rings (SSSR count). The summed E-state index contributed by atoms with van der Waals surface area (Å²) in [5.74, 6) is -2.83. The lowest BCUT2D eigenvalue weighted by molar-refractivity contribution is 0.0143. The summed E-state index contributed by atoms with van der Waals surface area (Å²) in [6.07, 6.45) is 0. The Bertz CT molecular complexity index is 550. The van der Waals surface area contributed by atoms with Gasteiger partial charge in [0.05, 0.1) is 5.56 Å². The molecular formula is C15H15F2NO. The first kappa shape index (κ1) is 13.3. The molecule has 0 aromatic heterocycles. The normalized spacial score (nSPS) is 11.3. The van der Waals surface area contributed by atoms with Gasteiger partial charge in [-0.1, -0.05) is 30.3 Å². The first-order chi connectivity index (χ1) is 8.97. The minimum absolute atomic E-state index is 0.158.